The number of hydrogen-bond acceptors (Lipinski definition) is 6. The maximum absolute atomic E-state index is 5.84. The molecule has 3 heterocycles. The van der Waals surface area contributed by atoms with Crippen LogP contribution in [0.15, 0.2) is 24.3 Å². The lowest BCUT2D eigenvalue weighted by Gasteiger charge is -2.12. The van der Waals surface area contributed by atoms with Crippen molar-refractivity contribution in [3.8, 4) is 11.5 Å². The molecule has 124 valence electrons. The third-order valence-corrected chi connectivity index (χ3v) is 4.18. The van der Waals surface area contributed by atoms with Crippen LogP contribution in [0.2, 0.25) is 0 Å². The number of rotatable bonds is 4. The average Bonchev–Trinajstić information content (AvgIpc) is 3.13. The van der Waals surface area contributed by atoms with E-state index in [0.29, 0.717) is 6.54 Å². The predicted octanol–water partition coefficient (Wildman–Crippen LogP) is 2.38. The van der Waals surface area contributed by atoms with Gasteiger partial charge in [-0.05, 0) is 38.1 Å². The van der Waals surface area contributed by atoms with Crippen LogP contribution in [0, 0.1) is 6.92 Å². The van der Waals surface area contributed by atoms with Crippen LogP contribution in [0.25, 0.3) is 5.65 Å². The van der Waals surface area contributed by atoms with E-state index in [9.17, 15) is 0 Å². The van der Waals surface area contributed by atoms with Crippen molar-refractivity contribution in [2.45, 2.75) is 32.9 Å². The van der Waals surface area contributed by atoms with Crippen molar-refractivity contribution in [3.05, 3.63) is 41.2 Å². The van der Waals surface area contributed by atoms with Gasteiger partial charge in [0.25, 0.3) is 0 Å². The maximum Gasteiger partial charge on any atom is 0.178 e. The Morgan fingerprint density at radius 2 is 2.21 bits per heavy atom. The molecule has 0 radical (unpaired) electrons. The van der Waals surface area contributed by atoms with Crippen LogP contribution in [0.5, 0.6) is 11.5 Å². The predicted molar refractivity (Wildman–Crippen MR) is 89.6 cm³/mol. The van der Waals surface area contributed by atoms with Gasteiger partial charge in [0.1, 0.15) is 23.4 Å². The number of anilines is 1. The van der Waals surface area contributed by atoms with Gasteiger partial charge in [0, 0.05) is 24.1 Å². The minimum atomic E-state index is 0.216. The molecule has 24 heavy (non-hydrogen) atoms. The zero-order valence-corrected chi connectivity index (χ0v) is 13.9. The highest BCUT2D eigenvalue weighted by molar-refractivity contribution is 5.50. The van der Waals surface area contributed by atoms with Gasteiger partial charge in [-0.2, -0.15) is 4.52 Å². The molecule has 1 aromatic carbocycles. The molecule has 1 aliphatic rings. The Morgan fingerprint density at radius 3 is 3.04 bits per heavy atom. The van der Waals surface area contributed by atoms with Gasteiger partial charge in [-0.3, -0.25) is 0 Å². The molecule has 0 spiro atoms. The molecule has 0 saturated heterocycles. The number of fused-ring (bicyclic) bond motifs is 2. The summed E-state index contributed by atoms with van der Waals surface area (Å²) in [7, 11) is 1.69. The fourth-order valence-electron chi connectivity index (χ4n) is 2.99. The van der Waals surface area contributed by atoms with E-state index in [1.807, 2.05) is 25.1 Å². The average molecular weight is 325 g/mol. The van der Waals surface area contributed by atoms with Crippen molar-refractivity contribution in [1.82, 2.24) is 19.8 Å². The minimum Gasteiger partial charge on any atom is -0.496 e. The van der Waals surface area contributed by atoms with E-state index in [1.54, 1.807) is 11.6 Å². The number of hydrogen-bond donors (Lipinski definition) is 1. The van der Waals surface area contributed by atoms with E-state index < -0.39 is 0 Å². The molecule has 1 aliphatic heterocycles. The number of aryl methyl sites for hydroxylation is 1. The Kier molecular flexibility index (Phi) is 3.48. The van der Waals surface area contributed by atoms with E-state index in [4.69, 9.17) is 9.47 Å². The normalized spacial score (nSPS) is 16.0. The number of ether oxygens (including phenoxy) is 2. The fourth-order valence-corrected chi connectivity index (χ4v) is 2.99. The molecule has 0 fully saturated rings. The van der Waals surface area contributed by atoms with Crippen LogP contribution in [-0.2, 0) is 13.0 Å². The first kappa shape index (κ1) is 14.7. The van der Waals surface area contributed by atoms with Gasteiger partial charge in [0.05, 0.1) is 7.11 Å². The largest absolute Gasteiger partial charge is 0.496 e. The van der Waals surface area contributed by atoms with Gasteiger partial charge in [0.2, 0.25) is 0 Å². The molecule has 7 heteroatoms. The zero-order chi connectivity index (χ0) is 16.7. The monoisotopic (exact) mass is 325 g/mol. The van der Waals surface area contributed by atoms with E-state index in [0.717, 1.165) is 40.8 Å². The van der Waals surface area contributed by atoms with Crippen LogP contribution < -0.4 is 14.8 Å². The topological polar surface area (TPSA) is 73.6 Å². The van der Waals surface area contributed by atoms with E-state index in [2.05, 4.69) is 33.6 Å². The summed E-state index contributed by atoms with van der Waals surface area (Å²) in [5, 5.41) is 15.9. The highest BCUT2D eigenvalue weighted by atomic mass is 16.5. The summed E-state index contributed by atoms with van der Waals surface area (Å²) in [6.45, 7) is 4.54. The standard InChI is InChI=1S/C17H19N5O2/c1-10-6-12-7-14(23-3)13(8-15(12)24-10)9-18-16-4-5-17-20-19-11(2)22(17)21-16/h4-5,7-8,10H,6,9H2,1-3H3,(H,18,21)/t10-/m0/s1. The van der Waals surface area contributed by atoms with Crippen molar-refractivity contribution in [3.63, 3.8) is 0 Å². The lowest BCUT2D eigenvalue weighted by atomic mass is 10.1. The molecule has 0 unspecified atom stereocenters. The Bertz CT molecular complexity index is 905. The Balaban J connectivity index is 1.58. The first-order valence-corrected chi connectivity index (χ1v) is 7.93. The van der Waals surface area contributed by atoms with E-state index in [1.165, 1.54) is 5.56 Å². The second-order valence-corrected chi connectivity index (χ2v) is 5.99. The molecular formula is C17H19N5O2. The Labute approximate surface area is 139 Å². The number of nitrogens with one attached hydrogen (secondary N) is 1. The van der Waals surface area contributed by atoms with Crippen molar-refractivity contribution >= 4 is 11.5 Å². The van der Waals surface area contributed by atoms with Gasteiger partial charge in [0.15, 0.2) is 11.5 Å². The molecule has 0 bridgehead atoms. The number of nitrogens with zero attached hydrogens (tertiary/aromatic N) is 4. The van der Waals surface area contributed by atoms with Crippen molar-refractivity contribution in [1.29, 1.82) is 0 Å². The Morgan fingerprint density at radius 1 is 1.33 bits per heavy atom. The van der Waals surface area contributed by atoms with Crippen LogP contribution in [-0.4, -0.2) is 33.0 Å². The molecule has 0 saturated carbocycles. The van der Waals surface area contributed by atoms with Crippen LogP contribution in [0.4, 0.5) is 5.82 Å². The number of benzene rings is 1. The molecule has 0 aliphatic carbocycles. The van der Waals surface area contributed by atoms with E-state index >= 15 is 0 Å². The lowest BCUT2D eigenvalue weighted by molar-refractivity contribution is 0.254. The van der Waals surface area contributed by atoms with Gasteiger partial charge < -0.3 is 14.8 Å². The maximum atomic E-state index is 5.84. The van der Waals surface area contributed by atoms with Gasteiger partial charge in [-0.15, -0.1) is 15.3 Å². The van der Waals surface area contributed by atoms with Gasteiger partial charge >= 0.3 is 0 Å². The fraction of sp³-hybridized carbons (Fsp3) is 0.353. The van der Waals surface area contributed by atoms with Crippen molar-refractivity contribution in [2.75, 3.05) is 12.4 Å². The SMILES string of the molecule is COc1cc2c(cc1CNc1ccc3nnc(C)n3n1)O[C@@H](C)C2. The summed E-state index contributed by atoms with van der Waals surface area (Å²) >= 11 is 0. The Hall–Kier alpha value is -2.83. The number of methoxy groups -OCH3 is 1. The number of aromatic nitrogens is 4. The smallest absolute Gasteiger partial charge is 0.178 e. The van der Waals surface area contributed by atoms with Crippen LogP contribution >= 0.6 is 0 Å². The lowest BCUT2D eigenvalue weighted by Crippen LogP contribution is -2.06. The second-order valence-electron chi connectivity index (χ2n) is 5.99. The summed E-state index contributed by atoms with van der Waals surface area (Å²) in [6, 6.07) is 7.89. The molecule has 1 N–H and O–H groups in total. The second kappa shape index (κ2) is 5.67. The quantitative estimate of drug-likeness (QED) is 0.794. The molecule has 0 amide bonds. The van der Waals surface area contributed by atoms with Crippen LogP contribution in [0.1, 0.15) is 23.9 Å². The first-order chi connectivity index (χ1) is 11.6. The highest BCUT2D eigenvalue weighted by Gasteiger charge is 2.21. The summed E-state index contributed by atoms with van der Waals surface area (Å²) in [6.07, 6.45) is 1.14. The summed E-state index contributed by atoms with van der Waals surface area (Å²) in [5.74, 6) is 3.31. The van der Waals surface area contributed by atoms with Crippen molar-refractivity contribution < 1.29 is 9.47 Å². The highest BCUT2D eigenvalue weighted by Crippen LogP contribution is 2.35. The third kappa shape index (κ3) is 2.51. The summed E-state index contributed by atoms with van der Waals surface area (Å²) in [5.41, 5.74) is 2.96. The third-order valence-electron chi connectivity index (χ3n) is 4.18. The summed E-state index contributed by atoms with van der Waals surface area (Å²) < 4.78 is 13.1. The van der Waals surface area contributed by atoms with E-state index in [-0.39, 0.29) is 6.10 Å². The molecule has 1 atom stereocenters. The van der Waals surface area contributed by atoms with Crippen LogP contribution in [0.3, 0.4) is 0 Å². The minimum absolute atomic E-state index is 0.216. The van der Waals surface area contributed by atoms with Crippen molar-refractivity contribution in [2.24, 2.45) is 0 Å². The molecule has 7 nitrogen and oxygen atoms in total. The molecule has 3 aromatic rings. The molecule has 2 aromatic heterocycles. The van der Waals surface area contributed by atoms with Gasteiger partial charge in [-0.25, -0.2) is 0 Å². The first-order valence-electron chi connectivity index (χ1n) is 7.93. The van der Waals surface area contributed by atoms with Gasteiger partial charge in [-0.1, -0.05) is 0 Å². The summed E-state index contributed by atoms with van der Waals surface area (Å²) in [4.78, 5) is 0. The molecular weight excluding hydrogens is 306 g/mol. The zero-order valence-electron chi connectivity index (χ0n) is 13.9. The molecule has 4 rings (SSSR count).